The molecule has 12 heavy (non-hydrogen) atoms. The lowest BCUT2D eigenvalue weighted by atomic mass is 9.61. The van der Waals surface area contributed by atoms with Crippen LogP contribution in [0.25, 0.3) is 0 Å². The third-order valence-corrected chi connectivity index (χ3v) is 4.12. The van der Waals surface area contributed by atoms with Crippen molar-refractivity contribution in [3.05, 3.63) is 22.4 Å². The highest BCUT2D eigenvalue weighted by molar-refractivity contribution is 7.10. The predicted molar refractivity (Wildman–Crippen MR) is 50.5 cm³/mol. The summed E-state index contributed by atoms with van der Waals surface area (Å²) in [7, 11) is 0. The molecule has 0 spiro atoms. The molecular weight excluding hydrogens is 168 g/mol. The van der Waals surface area contributed by atoms with Gasteiger partial charge < -0.3 is 4.79 Å². The highest BCUT2D eigenvalue weighted by atomic mass is 32.1. The fourth-order valence-corrected chi connectivity index (χ4v) is 2.92. The van der Waals surface area contributed by atoms with Crippen LogP contribution in [-0.2, 0) is 10.2 Å². The lowest BCUT2D eigenvalue weighted by molar-refractivity contribution is -0.117. The Bertz CT molecular complexity index is 278. The third-order valence-electron chi connectivity index (χ3n) is 3.06. The van der Waals surface area contributed by atoms with Gasteiger partial charge in [-0.05, 0) is 30.2 Å². The Labute approximate surface area is 76.4 Å². The largest absolute Gasteiger partial charge is 0.302 e. The van der Waals surface area contributed by atoms with Gasteiger partial charge in [-0.3, -0.25) is 0 Å². The molecule has 64 valence electrons. The van der Waals surface area contributed by atoms with Gasteiger partial charge in [0.2, 0.25) is 0 Å². The Kier molecular flexibility index (Phi) is 1.80. The van der Waals surface area contributed by atoms with Gasteiger partial charge in [-0.2, -0.15) is 0 Å². The van der Waals surface area contributed by atoms with Gasteiger partial charge in [0.25, 0.3) is 0 Å². The molecule has 0 radical (unpaired) electrons. The lowest BCUT2D eigenvalue weighted by Crippen LogP contribution is -2.43. The molecule has 2 unspecified atom stereocenters. The molecule has 1 aromatic rings. The van der Waals surface area contributed by atoms with Gasteiger partial charge in [0.15, 0.2) is 0 Å². The summed E-state index contributed by atoms with van der Waals surface area (Å²) in [5, 5.41) is 2.05. The van der Waals surface area contributed by atoms with Crippen LogP contribution in [0, 0.1) is 5.92 Å². The zero-order valence-electron chi connectivity index (χ0n) is 7.12. The molecule has 0 bridgehead atoms. The van der Waals surface area contributed by atoms with Gasteiger partial charge in [-0.1, -0.05) is 13.0 Å². The van der Waals surface area contributed by atoms with Crippen LogP contribution >= 0.6 is 11.3 Å². The van der Waals surface area contributed by atoms with Crippen molar-refractivity contribution in [2.75, 3.05) is 0 Å². The molecule has 0 aliphatic heterocycles. The van der Waals surface area contributed by atoms with Crippen LogP contribution in [0.4, 0.5) is 0 Å². The minimum absolute atomic E-state index is 0.117. The number of carbonyl (C=O) groups is 1. The van der Waals surface area contributed by atoms with Crippen molar-refractivity contribution in [1.29, 1.82) is 0 Å². The molecule has 1 aliphatic carbocycles. The van der Waals surface area contributed by atoms with Crippen LogP contribution < -0.4 is 0 Å². The van der Waals surface area contributed by atoms with E-state index in [0.717, 1.165) is 12.7 Å². The third kappa shape index (κ3) is 0.876. The topological polar surface area (TPSA) is 17.1 Å². The number of aldehydes is 1. The second-order valence-corrected chi connectivity index (χ2v) is 4.52. The van der Waals surface area contributed by atoms with E-state index < -0.39 is 0 Å². The van der Waals surface area contributed by atoms with Crippen molar-refractivity contribution in [3.8, 4) is 0 Å². The number of hydrogen-bond donors (Lipinski definition) is 0. The average molecular weight is 180 g/mol. The normalized spacial score (nSPS) is 34.2. The molecule has 1 nitrogen and oxygen atoms in total. The molecule has 1 aromatic heterocycles. The molecule has 1 heterocycles. The summed E-state index contributed by atoms with van der Waals surface area (Å²) in [6.45, 7) is 2.16. The number of thiophene rings is 1. The Morgan fingerprint density at radius 1 is 1.75 bits per heavy atom. The van der Waals surface area contributed by atoms with E-state index in [9.17, 15) is 4.79 Å². The van der Waals surface area contributed by atoms with Gasteiger partial charge >= 0.3 is 0 Å². The molecule has 1 saturated carbocycles. The van der Waals surface area contributed by atoms with E-state index in [0.29, 0.717) is 5.92 Å². The van der Waals surface area contributed by atoms with E-state index in [1.54, 1.807) is 11.3 Å². The van der Waals surface area contributed by atoms with E-state index in [1.165, 1.54) is 11.3 Å². The quantitative estimate of drug-likeness (QED) is 0.639. The molecule has 2 heteroatoms. The SMILES string of the molecule is CC1CCC1(C=O)c1cccs1. The first-order chi connectivity index (χ1) is 5.79. The Hall–Kier alpha value is -0.630. The van der Waals surface area contributed by atoms with Crippen LogP contribution in [-0.4, -0.2) is 6.29 Å². The number of rotatable bonds is 2. The van der Waals surface area contributed by atoms with Crippen LogP contribution in [0.1, 0.15) is 24.6 Å². The molecule has 1 fully saturated rings. The van der Waals surface area contributed by atoms with Crippen LogP contribution in [0.15, 0.2) is 17.5 Å². The maximum absolute atomic E-state index is 11.0. The van der Waals surface area contributed by atoms with Crippen molar-refractivity contribution in [1.82, 2.24) is 0 Å². The summed E-state index contributed by atoms with van der Waals surface area (Å²) < 4.78 is 0. The van der Waals surface area contributed by atoms with Crippen molar-refractivity contribution in [2.45, 2.75) is 25.2 Å². The van der Waals surface area contributed by atoms with Crippen LogP contribution in [0.2, 0.25) is 0 Å². The molecular formula is C10H12OS. The van der Waals surface area contributed by atoms with Crippen molar-refractivity contribution >= 4 is 17.6 Å². The fourth-order valence-electron chi connectivity index (χ4n) is 1.89. The summed E-state index contributed by atoms with van der Waals surface area (Å²) in [6.07, 6.45) is 3.38. The lowest BCUT2D eigenvalue weighted by Gasteiger charge is -2.43. The average Bonchev–Trinajstić information content (AvgIpc) is 2.57. The van der Waals surface area contributed by atoms with Gasteiger partial charge in [0, 0.05) is 4.88 Å². The first-order valence-electron chi connectivity index (χ1n) is 4.30. The standard InChI is InChI=1S/C10H12OS/c1-8-4-5-10(8,7-11)9-3-2-6-12-9/h2-3,6-8H,4-5H2,1H3. The zero-order valence-corrected chi connectivity index (χ0v) is 7.93. The van der Waals surface area contributed by atoms with Crippen molar-refractivity contribution in [2.24, 2.45) is 5.92 Å². The Morgan fingerprint density at radius 3 is 2.92 bits per heavy atom. The minimum Gasteiger partial charge on any atom is -0.302 e. The van der Waals surface area contributed by atoms with E-state index in [4.69, 9.17) is 0 Å². The highest BCUT2D eigenvalue weighted by Gasteiger charge is 2.45. The second-order valence-electron chi connectivity index (χ2n) is 3.58. The predicted octanol–water partition coefficient (Wildman–Crippen LogP) is 2.61. The van der Waals surface area contributed by atoms with Gasteiger partial charge in [0.1, 0.15) is 6.29 Å². The monoisotopic (exact) mass is 180 g/mol. The first kappa shape index (κ1) is 7.99. The molecule has 1 aliphatic rings. The van der Waals surface area contributed by atoms with Crippen molar-refractivity contribution in [3.63, 3.8) is 0 Å². The Balaban J connectivity index is 2.36. The summed E-state index contributed by atoms with van der Waals surface area (Å²) in [6, 6.07) is 4.10. The van der Waals surface area contributed by atoms with Crippen molar-refractivity contribution < 1.29 is 4.79 Å². The maximum Gasteiger partial charge on any atom is 0.131 e. The molecule has 0 N–H and O–H groups in total. The molecule has 0 aromatic carbocycles. The zero-order chi connectivity index (χ0) is 8.60. The van der Waals surface area contributed by atoms with Gasteiger partial charge in [-0.15, -0.1) is 11.3 Å². The fraction of sp³-hybridized carbons (Fsp3) is 0.500. The molecule has 2 atom stereocenters. The van der Waals surface area contributed by atoms with Gasteiger partial charge in [-0.25, -0.2) is 0 Å². The van der Waals surface area contributed by atoms with Crippen LogP contribution in [0.3, 0.4) is 0 Å². The summed E-state index contributed by atoms with van der Waals surface area (Å²) >= 11 is 1.70. The molecule has 0 amide bonds. The Morgan fingerprint density at radius 2 is 2.58 bits per heavy atom. The van der Waals surface area contributed by atoms with E-state index in [1.807, 2.05) is 11.4 Å². The van der Waals surface area contributed by atoms with E-state index in [2.05, 4.69) is 13.0 Å². The smallest absolute Gasteiger partial charge is 0.131 e. The summed E-state index contributed by atoms with van der Waals surface area (Å²) in [5.41, 5.74) is -0.117. The second kappa shape index (κ2) is 2.70. The molecule has 2 rings (SSSR count). The van der Waals surface area contributed by atoms with E-state index in [-0.39, 0.29) is 5.41 Å². The first-order valence-corrected chi connectivity index (χ1v) is 5.18. The highest BCUT2D eigenvalue weighted by Crippen LogP contribution is 2.48. The molecule has 0 saturated heterocycles. The van der Waals surface area contributed by atoms with E-state index >= 15 is 0 Å². The minimum atomic E-state index is -0.117. The number of hydrogen-bond acceptors (Lipinski definition) is 2. The summed E-state index contributed by atoms with van der Waals surface area (Å²) in [4.78, 5) is 12.3. The van der Waals surface area contributed by atoms with Crippen LogP contribution in [0.5, 0.6) is 0 Å². The maximum atomic E-state index is 11.0. The number of carbonyl (C=O) groups excluding carboxylic acids is 1. The summed E-state index contributed by atoms with van der Waals surface area (Å²) in [5.74, 6) is 0.536. The van der Waals surface area contributed by atoms with Gasteiger partial charge in [0.05, 0.1) is 5.41 Å².